The molecule has 2 fully saturated rings. The molecule has 330 valence electrons. The molecule has 2 aromatic carbocycles. The topological polar surface area (TPSA) is 188 Å². The fourth-order valence-corrected chi connectivity index (χ4v) is 10.1. The number of hydrogen-bond acceptors (Lipinski definition) is 13. The van der Waals surface area contributed by atoms with E-state index in [-0.39, 0.29) is 29.2 Å². The van der Waals surface area contributed by atoms with Gasteiger partial charge >= 0.3 is 0 Å². The quantitative estimate of drug-likeness (QED) is 0.0849. The zero-order valence-corrected chi connectivity index (χ0v) is 36.5. The molecule has 3 N–H and O–H groups in total. The lowest BCUT2D eigenvalue weighted by atomic mass is 9.73. The average molecular weight is 876 g/mol. The first-order valence-electron chi connectivity index (χ1n) is 21.7. The molecule has 3 aromatic heterocycles. The summed E-state index contributed by atoms with van der Waals surface area (Å²) in [5.74, 6) is -0.210. The fourth-order valence-electron chi connectivity index (χ4n) is 9.16. The number of nitro benzene ring substituents is 1. The van der Waals surface area contributed by atoms with Crippen molar-refractivity contribution in [2.45, 2.75) is 50.8 Å². The van der Waals surface area contributed by atoms with Gasteiger partial charge in [-0.1, -0.05) is 25.5 Å². The van der Waals surface area contributed by atoms with Crippen LogP contribution in [0.15, 0.2) is 89.6 Å². The SMILES string of the molecule is CC1(C)CCC(CN2CCN(c3ccc(C(=O)NS(=O)(=O)c4ccc(NCC5CCOCC5)c([N+](=O)[O-])c4)c(N4CCOc5nc6[nH]ccc6cc54)c3)CC2)=C(c2ccccn2)C1. The van der Waals surface area contributed by atoms with E-state index in [2.05, 4.69) is 50.8 Å². The second-order valence-corrected chi connectivity index (χ2v) is 19.3. The number of rotatable bonds is 12. The predicted molar refractivity (Wildman–Crippen MR) is 242 cm³/mol. The lowest BCUT2D eigenvalue weighted by Gasteiger charge is -2.39. The minimum atomic E-state index is -4.55. The molecule has 17 heteroatoms. The Labute approximate surface area is 366 Å². The van der Waals surface area contributed by atoms with Crippen molar-refractivity contribution in [2.75, 3.05) is 80.8 Å². The van der Waals surface area contributed by atoms with Gasteiger partial charge in [0.05, 0.1) is 33.3 Å². The van der Waals surface area contributed by atoms with Gasteiger partial charge in [-0.3, -0.25) is 24.8 Å². The number of anilines is 4. The van der Waals surface area contributed by atoms with E-state index in [9.17, 15) is 23.3 Å². The summed E-state index contributed by atoms with van der Waals surface area (Å²) < 4.78 is 41.4. The summed E-state index contributed by atoms with van der Waals surface area (Å²) in [5, 5.41) is 16.1. The minimum absolute atomic E-state index is 0.112. The van der Waals surface area contributed by atoms with Crippen molar-refractivity contribution in [2.24, 2.45) is 11.3 Å². The third-order valence-corrected chi connectivity index (χ3v) is 14.1. The van der Waals surface area contributed by atoms with Crippen LogP contribution < -0.4 is 24.6 Å². The number of H-pyrrole nitrogens is 1. The van der Waals surface area contributed by atoms with E-state index >= 15 is 0 Å². The molecule has 4 aliphatic rings. The number of amides is 1. The van der Waals surface area contributed by atoms with Gasteiger partial charge in [0.1, 0.15) is 23.6 Å². The van der Waals surface area contributed by atoms with Crippen molar-refractivity contribution in [1.82, 2.24) is 24.6 Å². The summed E-state index contributed by atoms with van der Waals surface area (Å²) in [7, 11) is -4.55. The van der Waals surface area contributed by atoms with Crippen molar-refractivity contribution in [3.63, 3.8) is 0 Å². The normalized spacial score (nSPS) is 18.5. The summed E-state index contributed by atoms with van der Waals surface area (Å²) in [5.41, 5.74) is 6.69. The first-order valence-corrected chi connectivity index (χ1v) is 23.2. The highest BCUT2D eigenvalue weighted by atomic mass is 32.2. The molecule has 1 amide bonds. The summed E-state index contributed by atoms with van der Waals surface area (Å²) in [6, 6.07) is 19.1. The van der Waals surface area contributed by atoms with E-state index in [1.54, 1.807) is 12.3 Å². The number of carbonyl (C=O) groups excluding carboxylic acids is 1. The molecule has 1 aliphatic carbocycles. The number of pyridine rings is 2. The highest BCUT2D eigenvalue weighted by Gasteiger charge is 2.32. The Kier molecular flexibility index (Phi) is 11.8. The van der Waals surface area contributed by atoms with Gasteiger partial charge in [0.2, 0.25) is 5.88 Å². The van der Waals surface area contributed by atoms with Crippen LogP contribution >= 0.6 is 0 Å². The first-order chi connectivity index (χ1) is 30.4. The van der Waals surface area contributed by atoms with Crippen LogP contribution in [-0.4, -0.2) is 105 Å². The van der Waals surface area contributed by atoms with Gasteiger partial charge < -0.3 is 29.6 Å². The highest BCUT2D eigenvalue weighted by Crippen LogP contribution is 2.43. The van der Waals surface area contributed by atoms with Crippen LogP contribution in [0.4, 0.5) is 28.4 Å². The number of benzene rings is 2. The molecule has 16 nitrogen and oxygen atoms in total. The molecule has 0 atom stereocenters. The van der Waals surface area contributed by atoms with Crippen molar-refractivity contribution >= 4 is 61.0 Å². The molecular weight excluding hydrogens is 823 g/mol. The third-order valence-electron chi connectivity index (χ3n) is 12.8. The van der Waals surface area contributed by atoms with Crippen LogP contribution in [0.2, 0.25) is 0 Å². The Hall–Kier alpha value is -6.04. The van der Waals surface area contributed by atoms with Crippen LogP contribution in [0, 0.1) is 21.4 Å². The Balaban J connectivity index is 0.976. The van der Waals surface area contributed by atoms with E-state index in [1.807, 2.05) is 41.4 Å². The number of nitrogens with one attached hydrogen (secondary N) is 3. The number of aromatic amines is 1. The van der Waals surface area contributed by atoms with Gasteiger partial charge in [-0.2, -0.15) is 4.98 Å². The van der Waals surface area contributed by atoms with Crippen molar-refractivity contribution in [1.29, 1.82) is 0 Å². The molecule has 63 heavy (non-hydrogen) atoms. The number of hydrogen-bond donors (Lipinski definition) is 3. The fraction of sp³-hybridized carbons (Fsp3) is 0.413. The van der Waals surface area contributed by atoms with Crippen molar-refractivity contribution in [3.05, 3.63) is 106 Å². The van der Waals surface area contributed by atoms with Gasteiger partial charge in [0.15, 0.2) is 0 Å². The van der Waals surface area contributed by atoms with Gasteiger partial charge in [-0.25, -0.2) is 13.1 Å². The van der Waals surface area contributed by atoms with E-state index < -0.39 is 31.4 Å². The Bertz CT molecular complexity index is 2650. The Morgan fingerprint density at radius 2 is 1.81 bits per heavy atom. The third kappa shape index (κ3) is 9.22. The zero-order chi connectivity index (χ0) is 43.7. The monoisotopic (exact) mass is 875 g/mol. The summed E-state index contributed by atoms with van der Waals surface area (Å²) in [6.45, 7) is 11.1. The minimum Gasteiger partial charge on any atom is -0.474 e. The summed E-state index contributed by atoms with van der Waals surface area (Å²) >= 11 is 0. The second-order valence-electron chi connectivity index (χ2n) is 17.6. The predicted octanol–water partition coefficient (Wildman–Crippen LogP) is 7.14. The molecular formula is C46H53N9O7S. The van der Waals surface area contributed by atoms with Crippen molar-refractivity contribution < 1.29 is 27.6 Å². The molecule has 0 radical (unpaired) electrons. The van der Waals surface area contributed by atoms with Crippen LogP contribution in [-0.2, 0) is 14.8 Å². The van der Waals surface area contributed by atoms with E-state index in [0.717, 1.165) is 87.7 Å². The summed E-state index contributed by atoms with van der Waals surface area (Å²) in [6.07, 6.45) is 8.50. The summed E-state index contributed by atoms with van der Waals surface area (Å²) in [4.78, 5) is 44.7. The van der Waals surface area contributed by atoms with Gasteiger partial charge in [0, 0.05) is 82.0 Å². The smallest absolute Gasteiger partial charge is 0.293 e. The van der Waals surface area contributed by atoms with Gasteiger partial charge in [-0.05, 0) is 104 Å². The molecule has 0 bridgehead atoms. The maximum atomic E-state index is 14.3. The Morgan fingerprint density at radius 1 is 0.984 bits per heavy atom. The van der Waals surface area contributed by atoms with E-state index in [4.69, 9.17) is 19.4 Å². The number of nitrogens with zero attached hydrogens (tertiary/aromatic N) is 6. The number of piperazine rings is 1. The van der Waals surface area contributed by atoms with Gasteiger partial charge in [-0.15, -0.1) is 0 Å². The van der Waals surface area contributed by atoms with Crippen LogP contribution in [0.3, 0.4) is 0 Å². The van der Waals surface area contributed by atoms with Crippen molar-refractivity contribution in [3.8, 4) is 5.88 Å². The van der Waals surface area contributed by atoms with Crippen LogP contribution in [0.25, 0.3) is 16.6 Å². The molecule has 5 aromatic rings. The van der Waals surface area contributed by atoms with Crippen LogP contribution in [0.5, 0.6) is 5.88 Å². The number of fused-ring (bicyclic) bond motifs is 2. The lowest BCUT2D eigenvalue weighted by Crippen LogP contribution is -2.47. The Morgan fingerprint density at radius 3 is 2.59 bits per heavy atom. The van der Waals surface area contributed by atoms with E-state index in [0.29, 0.717) is 49.2 Å². The molecule has 0 unspecified atom stereocenters. The molecule has 9 rings (SSSR count). The highest BCUT2D eigenvalue weighted by molar-refractivity contribution is 7.90. The first kappa shape index (κ1) is 42.3. The number of aromatic nitrogens is 3. The number of nitro groups is 1. The number of allylic oxidation sites excluding steroid dienone is 1. The average Bonchev–Trinajstić information content (AvgIpc) is 3.76. The van der Waals surface area contributed by atoms with Crippen LogP contribution in [0.1, 0.15) is 62.0 Å². The molecule has 0 spiro atoms. The maximum absolute atomic E-state index is 14.3. The lowest BCUT2D eigenvalue weighted by molar-refractivity contribution is -0.384. The number of ether oxygens (including phenoxy) is 2. The zero-order valence-electron chi connectivity index (χ0n) is 35.6. The second kappa shape index (κ2) is 17.6. The van der Waals surface area contributed by atoms with E-state index in [1.165, 1.54) is 23.3 Å². The number of carbonyl (C=O) groups is 1. The molecule has 2 saturated heterocycles. The maximum Gasteiger partial charge on any atom is 0.293 e. The number of sulfonamides is 1. The van der Waals surface area contributed by atoms with Gasteiger partial charge in [0.25, 0.3) is 21.6 Å². The molecule has 3 aliphatic heterocycles. The molecule has 0 saturated carbocycles. The molecule has 6 heterocycles. The standard InChI is InChI=1S/C46H53N9O7S/c1-46(2)14-10-33(37(28-46)38-5-3-4-15-47-38)30-52-17-19-53(20-18-52)34-6-8-36(40(26-34)54-21-24-62-45-42(54)25-32-11-16-48-43(32)50-45)44(56)51-63(59,60)35-7-9-39(41(27-35)55(57)58)49-29-31-12-22-61-23-13-31/h3-9,11,15-16,25-27,31,49H,10,12-14,17-24,28-30H2,1-2H3,(H,48,50)(H,51,56). The largest absolute Gasteiger partial charge is 0.474 e.